The van der Waals surface area contributed by atoms with Crippen LogP contribution in [0.1, 0.15) is 67.1 Å². The Bertz CT molecular complexity index is 979. The summed E-state index contributed by atoms with van der Waals surface area (Å²) in [6, 6.07) is 19.8. The second-order valence-corrected chi connectivity index (χ2v) is 8.81. The topological polar surface area (TPSA) is 33.1 Å². The number of nitrogens with one attached hydrogen (secondary N) is 1. The van der Waals surface area contributed by atoms with Gasteiger partial charge in [-0.25, -0.2) is 0 Å². The average Bonchev–Trinajstić information content (AvgIpc) is 3.41. The number of pyridine rings is 1. The lowest BCUT2D eigenvalue weighted by Gasteiger charge is -2.28. The van der Waals surface area contributed by atoms with Crippen molar-refractivity contribution in [3.8, 4) is 0 Å². The SMILES string of the molecule is S=C1N[C@H](c2ccccn2)[C@@H](c2ccn(C3CCCCC3)c2)N1Cc1ccccc1. The van der Waals surface area contributed by atoms with Gasteiger partial charge < -0.3 is 14.8 Å². The molecule has 0 radical (unpaired) electrons. The molecule has 5 heteroatoms. The van der Waals surface area contributed by atoms with Crippen molar-refractivity contribution in [3.63, 3.8) is 0 Å². The first-order valence-corrected chi connectivity index (χ1v) is 11.4. The van der Waals surface area contributed by atoms with Crippen LogP contribution in [0, 0.1) is 0 Å². The third kappa shape index (κ3) is 3.86. The van der Waals surface area contributed by atoms with Crippen molar-refractivity contribution < 1.29 is 0 Å². The Morgan fingerprint density at radius 1 is 0.967 bits per heavy atom. The highest BCUT2D eigenvalue weighted by molar-refractivity contribution is 7.80. The lowest BCUT2D eigenvalue weighted by atomic mass is 9.95. The van der Waals surface area contributed by atoms with E-state index in [0.717, 1.165) is 17.4 Å². The molecule has 30 heavy (non-hydrogen) atoms. The maximum Gasteiger partial charge on any atom is 0.170 e. The summed E-state index contributed by atoms with van der Waals surface area (Å²) in [6.07, 6.45) is 13.1. The van der Waals surface area contributed by atoms with Crippen LogP contribution in [0.25, 0.3) is 0 Å². The van der Waals surface area contributed by atoms with E-state index in [1.54, 1.807) is 0 Å². The minimum atomic E-state index is 0.0459. The summed E-state index contributed by atoms with van der Waals surface area (Å²) in [4.78, 5) is 6.98. The van der Waals surface area contributed by atoms with Gasteiger partial charge in [-0.2, -0.15) is 0 Å². The highest BCUT2D eigenvalue weighted by Crippen LogP contribution is 2.40. The van der Waals surface area contributed by atoms with E-state index in [2.05, 4.69) is 80.7 Å². The average molecular weight is 417 g/mol. The smallest absolute Gasteiger partial charge is 0.170 e. The number of rotatable bonds is 5. The van der Waals surface area contributed by atoms with Crippen molar-refractivity contribution >= 4 is 17.3 Å². The van der Waals surface area contributed by atoms with Crippen molar-refractivity contribution in [2.45, 2.75) is 56.8 Å². The Kier molecular flexibility index (Phi) is 5.54. The number of hydrogen-bond acceptors (Lipinski definition) is 2. The fourth-order valence-electron chi connectivity index (χ4n) is 4.93. The van der Waals surface area contributed by atoms with Gasteiger partial charge in [-0.3, -0.25) is 4.98 Å². The van der Waals surface area contributed by atoms with E-state index in [9.17, 15) is 0 Å². The summed E-state index contributed by atoms with van der Waals surface area (Å²) in [5, 5.41) is 4.36. The van der Waals surface area contributed by atoms with E-state index in [4.69, 9.17) is 12.2 Å². The molecular formula is C25H28N4S. The Labute approximate surface area is 183 Å². The first-order chi connectivity index (χ1) is 14.8. The van der Waals surface area contributed by atoms with E-state index >= 15 is 0 Å². The Balaban J connectivity index is 1.49. The monoisotopic (exact) mass is 416 g/mol. The maximum atomic E-state index is 5.81. The van der Waals surface area contributed by atoms with Gasteiger partial charge >= 0.3 is 0 Å². The number of nitrogens with zero attached hydrogens (tertiary/aromatic N) is 3. The van der Waals surface area contributed by atoms with Crippen molar-refractivity contribution in [3.05, 3.63) is 90.0 Å². The first kappa shape index (κ1) is 19.3. The predicted molar refractivity (Wildman–Crippen MR) is 124 cm³/mol. The molecule has 0 bridgehead atoms. The number of benzene rings is 1. The molecule has 2 fully saturated rings. The normalized spacial score (nSPS) is 22.3. The summed E-state index contributed by atoms with van der Waals surface area (Å²) in [6.45, 7) is 0.787. The minimum Gasteiger partial charge on any atom is -0.352 e. The van der Waals surface area contributed by atoms with Crippen molar-refractivity contribution in [2.75, 3.05) is 0 Å². The summed E-state index contributed by atoms with van der Waals surface area (Å²) in [5.74, 6) is 0. The molecule has 4 nitrogen and oxygen atoms in total. The number of hydrogen-bond donors (Lipinski definition) is 1. The van der Waals surface area contributed by atoms with E-state index < -0.39 is 0 Å². The van der Waals surface area contributed by atoms with Gasteiger partial charge in [0.05, 0.1) is 17.8 Å². The zero-order valence-electron chi connectivity index (χ0n) is 17.2. The van der Waals surface area contributed by atoms with Gasteiger partial charge in [-0.1, -0.05) is 55.7 Å². The van der Waals surface area contributed by atoms with Gasteiger partial charge in [0.1, 0.15) is 0 Å². The van der Waals surface area contributed by atoms with Crippen LogP contribution >= 0.6 is 12.2 Å². The van der Waals surface area contributed by atoms with Gasteiger partial charge in [0, 0.05) is 31.2 Å². The van der Waals surface area contributed by atoms with Gasteiger partial charge in [0.25, 0.3) is 0 Å². The highest BCUT2D eigenvalue weighted by atomic mass is 32.1. The van der Waals surface area contributed by atoms with E-state index in [0.29, 0.717) is 6.04 Å². The largest absolute Gasteiger partial charge is 0.352 e. The standard InChI is InChI=1S/C25H28N4S/c30-25-27-23(22-13-7-8-15-26-22)24(29(25)17-19-9-3-1-4-10-19)20-14-16-28(18-20)21-11-5-2-6-12-21/h1,3-4,7-10,13-16,18,21,23-24H,2,5-6,11-12,17H2,(H,27,30)/t23-,24-/m1/s1. The van der Waals surface area contributed by atoms with Gasteiger partial charge in [-0.05, 0) is 54.4 Å². The first-order valence-electron chi connectivity index (χ1n) is 11.0. The van der Waals surface area contributed by atoms with E-state index in [1.807, 2.05) is 12.3 Å². The van der Waals surface area contributed by atoms with Crippen LogP contribution in [0.3, 0.4) is 0 Å². The van der Waals surface area contributed by atoms with E-state index in [1.165, 1.54) is 43.2 Å². The van der Waals surface area contributed by atoms with Gasteiger partial charge in [-0.15, -0.1) is 0 Å². The molecule has 1 saturated heterocycles. The lowest BCUT2D eigenvalue weighted by molar-refractivity contribution is 0.309. The second-order valence-electron chi connectivity index (χ2n) is 8.42. The molecule has 2 atom stereocenters. The molecule has 1 aliphatic carbocycles. The van der Waals surface area contributed by atoms with Crippen molar-refractivity contribution in [1.29, 1.82) is 0 Å². The zero-order chi connectivity index (χ0) is 20.3. The fraction of sp³-hybridized carbons (Fsp3) is 0.360. The summed E-state index contributed by atoms with van der Waals surface area (Å²) in [7, 11) is 0. The third-order valence-corrected chi connectivity index (χ3v) is 6.82. The molecule has 154 valence electrons. The zero-order valence-corrected chi connectivity index (χ0v) is 18.0. The number of aromatic nitrogens is 2. The Morgan fingerprint density at radius 2 is 1.77 bits per heavy atom. The second kappa shape index (κ2) is 8.60. The molecule has 5 rings (SSSR count). The molecule has 3 heterocycles. The molecule has 3 aromatic rings. The highest BCUT2D eigenvalue weighted by Gasteiger charge is 2.40. The van der Waals surface area contributed by atoms with Crippen LogP contribution in [0.4, 0.5) is 0 Å². The molecule has 1 N–H and O–H groups in total. The van der Waals surface area contributed by atoms with Crippen LogP contribution in [-0.4, -0.2) is 19.6 Å². The molecular weight excluding hydrogens is 388 g/mol. The number of thiocarbonyl (C=S) groups is 1. The van der Waals surface area contributed by atoms with Crippen molar-refractivity contribution in [1.82, 2.24) is 19.8 Å². The minimum absolute atomic E-state index is 0.0459. The van der Waals surface area contributed by atoms with E-state index in [-0.39, 0.29) is 12.1 Å². The van der Waals surface area contributed by atoms with Gasteiger partial charge in [0.2, 0.25) is 0 Å². The molecule has 2 aromatic heterocycles. The molecule has 0 amide bonds. The summed E-state index contributed by atoms with van der Waals surface area (Å²) < 4.78 is 2.44. The molecule has 0 spiro atoms. The van der Waals surface area contributed by atoms with Crippen LogP contribution in [0.2, 0.25) is 0 Å². The van der Waals surface area contributed by atoms with Crippen LogP contribution < -0.4 is 5.32 Å². The van der Waals surface area contributed by atoms with Crippen LogP contribution in [-0.2, 0) is 6.54 Å². The Hall–Kier alpha value is -2.66. The fourth-order valence-corrected chi connectivity index (χ4v) is 5.24. The molecule has 1 saturated carbocycles. The maximum absolute atomic E-state index is 5.81. The quantitative estimate of drug-likeness (QED) is 0.552. The lowest BCUT2D eigenvalue weighted by Crippen LogP contribution is -2.29. The summed E-state index contributed by atoms with van der Waals surface area (Å²) in [5.41, 5.74) is 3.60. The van der Waals surface area contributed by atoms with Crippen molar-refractivity contribution in [2.24, 2.45) is 0 Å². The third-order valence-electron chi connectivity index (χ3n) is 6.47. The predicted octanol–water partition coefficient (Wildman–Crippen LogP) is 5.56. The molecule has 2 aliphatic rings. The molecule has 1 aromatic carbocycles. The molecule has 0 unspecified atom stereocenters. The van der Waals surface area contributed by atoms with Crippen LogP contribution in [0.15, 0.2) is 73.2 Å². The van der Waals surface area contributed by atoms with Gasteiger partial charge in [0.15, 0.2) is 5.11 Å². The molecule has 1 aliphatic heterocycles. The Morgan fingerprint density at radius 3 is 2.53 bits per heavy atom. The summed E-state index contributed by atoms with van der Waals surface area (Å²) >= 11 is 5.81. The van der Waals surface area contributed by atoms with Crippen LogP contribution in [0.5, 0.6) is 0 Å².